The van der Waals surface area contributed by atoms with E-state index in [1.807, 2.05) is 20.8 Å². The predicted octanol–water partition coefficient (Wildman–Crippen LogP) is 3.55. The molecule has 0 aromatic carbocycles. The molecule has 0 nitrogen and oxygen atoms in total. The third-order valence-corrected chi connectivity index (χ3v) is 0.535. The number of allylic oxidation sites excluding steroid dienone is 3. The molecule has 0 aromatic rings. The highest BCUT2D eigenvalue weighted by Crippen LogP contribution is 1.95. The standard InChI is InChI=1S/C7H12.C2H6/c1-6(2)5-7(3)4;1-2/h5H,1H2,2-4H3;1-2H3. The van der Waals surface area contributed by atoms with Crippen molar-refractivity contribution in [3.05, 3.63) is 23.8 Å². The fourth-order valence-electron chi connectivity index (χ4n) is 0.493. The molecule has 0 aliphatic heterocycles. The van der Waals surface area contributed by atoms with E-state index in [1.165, 1.54) is 5.57 Å². The van der Waals surface area contributed by atoms with Gasteiger partial charge >= 0.3 is 0 Å². The minimum atomic E-state index is 1.12. The molecule has 0 atom stereocenters. The summed E-state index contributed by atoms with van der Waals surface area (Å²) in [6, 6.07) is 0. The SMILES string of the molecule is C=C(C)C=C(C)C.CC. The first-order valence-electron chi connectivity index (χ1n) is 3.43. The Balaban J connectivity index is 0. The van der Waals surface area contributed by atoms with Crippen LogP contribution in [0.2, 0.25) is 0 Å². The molecule has 0 unspecified atom stereocenters. The summed E-state index contributed by atoms with van der Waals surface area (Å²) in [6.45, 7) is 13.8. The zero-order chi connectivity index (χ0) is 7.86. The van der Waals surface area contributed by atoms with Gasteiger partial charge in [-0.15, -0.1) is 0 Å². The second kappa shape index (κ2) is 7.48. The van der Waals surface area contributed by atoms with Gasteiger partial charge in [0.05, 0.1) is 0 Å². The van der Waals surface area contributed by atoms with Crippen molar-refractivity contribution in [3.63, 3.8) is 0 Å². The average molecular weight is 126 g/mol. The molecule has 0 bridgehead atoms. The minimum Gasteiger partial charge on any atom is -0.0961 e. The molecule has 0 saturated heterocycles. The van der Waals surface area contributed by atoms with E-state index in [4.69, 9.17) is 0 Å². The van der Waals surface area contributed by atoms with Gasteiger partial charge in [0.1, 0.15) is 0 Å². The van der Waals surface area contributed by atoms with Crippen LogP contribution < -0.4 is 0 Å². The first-order valence-corrected chi connectivity index (χ1v) is 3.43. The van der Waals surface area contributed by atoms with Crippen LogP contribution in [0.25, 0.3) is 0 Å². The van der Waals surface area contributed by atoms with Crippen molar-refractivity contribution in [2.75, 3.05) is 0 Å². The van der Waals surface area contributed by atoms with Gasteiger partial charge in [-0.25, -0.2) is 0 Å². The van der Waals surface area contributed by atoms with Crippen LogP contribution in [0.5, 0.6) is 0 Å². The topological polar surface area (TPSA) is 0 Å². The molecule has 54 valence electrons. The fraction of sp³-hybridized carbons (Fsp3) is 0.556. The van der Waals surface area contributed by atoms with Gasteiger partial charge in [-0.2, -0.15) is 0 Å². The van der Waals surface area contributed by atoms with Crippen molar-refractivity contribution >= 4 is 0 Å². The van der Waals surface area contributed by atoms with Gasteiger partial charge in [0.2, 0.25) is 0 Å². The summed E-state index contributed by atoms with van der Waals surface area (Å²) in [4.78, 5) is 0. The van der Waals surface area contributed by atoms with Gasteiger partial charge in [-0.1, -0.05) is 37.6 Å². The largest absolute Gasteiger partial charge is 0.0961 e. The molecule has 0 amide bonds. The Labute approximate surface area is 59.3 Å². The van der Waals surface area contributed by atoms with E-state index in [9.17, 15) is 0 Å². The maximum Gasteiger partial charge on any atom is -0.0404 e. The zero-order valence-electron chi connectivity index (χ0n) is 7.28. The Morgan fingerprint density at radius 2 is 1.44 bits per heavy atom. The second-order valence-corrected chi connectivity index (χ2v) is 2.07. The van der Waals surface area contributed by atoms with Crippen LogP contribution in [-0.4, -0.2) is 0 Å². The highest BCUT2D eigenvalue weighted by atomic mass is 13.8. The molecule has 0 aliphatic carbocycles. The summed E-state index contributed by atoms with van der Waals surface area (Å²) < 4.78 is 0. The number of hydrogen-bond acceptors (Lipinski definition) is 0. The summed E-state index contributed by atoms with van der Waals surface area (Å²) in [7, 11) is 0. The minimum absolute atomic E-state index is 1.12. The molecule has 0 saturated carbocycles. The van der Waals surface area contributed by atoms with Crippen molar-refractivity contribution in [3.8, 4) is 0 Å². The normalized spacial score (nSPS) is 6.78. The zero-order valence-corrected chi connectivity index (χ0v) is 7.28. The maximum absolute atomic E-state index is 3.72. The molecule has 9 heavy (non-hydrogen) atoms. The third kappa shape index (κ3) is 18.5. The Morgan fingerprint density at radius 3 is 1.44 bits per heavy atom. The molecule has 0 N–H and O–H groups in total. The maximum atomic E-state index is 3.72. The lowest BCUT2D eigenvalue weighted by Crippen LogP contribution is -1.64. The first-order chi connectivity index (χ1) is 4.13. The summed E-state index contributed by atoms with van der Waals surface area (Å²) in [6.07, 6.45) is 2.06. The van der Waals surface area contributed by atoms with Crippen LogP contribution >= 0.6 is 0 Å². The second-order valence-electron chi connectivity index (χ2n) is 2.07. The fourth-order valence-corrected chi connectivity index (χ4v) is 0.493. The lowest BCUT2D eigenvalue weighted by atomic mass is 10.2. The highest BCUT2D eigenvalue weighted by Gasteiger charge is 1.73. The molecule has 0 radical (unpaired) electrons. The Kier molecular flexibility index (Phi) is 9.39. The average Bonchev–Trinajstić information content (AvgIpc) is 1.68. The molecule has 0 fully saturated rings. The molecular formula is C9H18. The molecule has 0 aliphatic rings. The van der Waals surface area contributed by atoms with E-state index in [0.717, 1.165) is 5.57 Å². The van der Waals surface area contributed by atoms with Gasteiger partial charge in [0, 0.05) is 0 Å². The van der Waals surface area contributed by atoms with E-state index in [2.05, 4.69) is 26.5 Å². The van der Waals surface area contributed by atoms with Crippen molar-refractivity contribution in [1.29, 1.82) is 0 Å². The Hall–Kier alpha value is -0.520. The van der Waals surface area contributed by atoms with Crippen LogP contribution in [0.4, 0.5) is 0 Å². The van der Waals surface area contributed by atoms with Crippen molar-refractivity contribution in [2.45, 2.75) is 34.6 Å². The van der Waals surface area contributed by atoms with E-state index in [0.29, 0.717) is 0 Å². The van der Waals surface area contributed by atoms with Crippen LogP contribution in [0.3, 0.4) is 0 Å². The van der Waals surface area contributed by atoms with Gasteiger partial charge < -0.3 is 0 Å². The Bertz CT molecular complexity index is 92.6. The van der Waals surface area contributed by atoms with Crippen LogP contribution in [0, 0.1) is 0 Å². The van der Waals surface area contributed by atoms with Crippen LogP contribution in [0.1, 0.15) is 34.6 Å². The van der Waals surface area contributed by atoms with E-state index in [-0.39, 0.29) is 0 Å². The summed E-state index contributed by atoms with van der Waals surface area (Å²) in [5.41, 5.74) is 2.44. The van der Waals surface area contributed by atoms with Crippen LogP contribution in [0.15, 0.2) is 23.8 Å². The van der Waals surface area contributed by atoms with Crippen molar-refractivity contribution < 1.29 is 0 Å². The molecule has 0 spiro atoms. The van der Waals surface area contributed by atoms with Crippen molar-refractivity contribution in [2.24, 2.45) is 0 Å². The monoisotopic (exact) mass is 126 g/mol. The molecule has 0 heteroatoms. The third-order valence-electron chi connectivity index (χ3n) is 0.535. The lowest BCUT2D eigenvalue weighted by Gasteiger charge is -1.85. The van der Waals surface area contributed by atoms with Crippen LogP contribution in [-0.2, 0) is 0 Å². The Morgan fingerprint density at radius 1 is 1.11 bits per heavy atom. The lowest BCUT2D eigenvalue weighted by molar-refractivity contribution is 1.36. The number of rotatable bonds is 1. The summed E-state index contributed by atoms with van der Waals surface area (Å²) in [5, 5.41) is 0. The molecular weight excluding hydrogens is 108 g/mol. The van der Waals surface area contributed by atoms with E-state index >= 15 is 0 Å². The van der Waals surface area contributed by atoms with Gasteiger partial charge in [0.15, 0.2) is 0 Å². The number of hydrogen-bond donors (Lipinski definition) is 0. The molecule has 0 heterocycles. The van der Waals surface area contributed by atoms with E-state index < -0.39 is 0 Å². The highest BCUT2D eigenvalue weighted by molar-refractivity contribution is 5.15. The molecule has 0 aromatic heterocycles. The van der Waals surface area contributed by atoms with Gasteiger partial charge in [0.25, 0.3) is 0 Å². The summed E-state index contributed by atoms with van der Waals surface area (Å²) in [5.74, 6) is 0. The first kappa shape index (κ1) is 11.3. The summed E-state index contributed by atoms with van der Waals surface area (Å²) >= 11 is 0. The molecule has 0 rings (SSSR count). The van der Waals surface area contributed by atoms with E-state index in [1.54, 1.807) is 0 Å². The van der Waals surface area contributed by atoms with Gasteiger partial charge in [-0.05, 0) is 20.8 Å². The van der Waals surface area contributed by atoms with Gasteiger partial charge in [-0.3, -0.25) is 0 Å². The quantitative estimate of drug-likeness (QED) is 0.471. The smallest absolute Gasteiger partial charge is 0.0404 e. The van der Waals surface area contributed by atoms with Crippen molar-refractivity contribution in [1.82, 2.24) is 0 Å². The predicted molar refractivity (Wildman–Crippen MR) is 45.6 cm³/mol.